The minimum atomic E-state index is -1.90. The van der Waals surface area contributed by atoms with Crippen molar-refractivity contribution in [3.8, 4) is 11.1 Å². The summed E-state index contributed by atoms with van der Waals surface area (Å²) in [5, 5.41) is 1.05. The van der Waals surface area contributed by atoms with Gasteiger partial charge in [-0.15, -0.1) is 0 Å². The third-order valence-corrected chi connectivity index (χ3v) is 5.10. The zero-order chi connectivity index (χ0) is 19.9. The highest BCUT2D eigenvalue weighted by molar-refractivity contribution is 5.89. The molecule has 0 atom stereocenters. The third kappa shape index (κ3) is 5.03. The minimum Gasteiger partial charge on any atom is -0.206 e. The van der Waals surface area contributed by atoms with E-state index in [2.05, 4.69) is 31.2 Å². The molecule has 28 heavy (non-hydrogen) atoms. The van der Waals surface area contributed by atoms with Gasteiger partial charge in [-0.25, -0.2) is 4.39 Å². The highest BCUT2D eigenvalue weighted by Gasteiger charge is 2.08. The van der Waals surface area contributed by atoms with Crippen LogP contribution in [-0.4, -0.2) is 0 Å². The molecule has 0 radical (unpaired) electrons. The van der Waals surface area contributed by atoms with Crippen molar-refractivity contribution in [3.05, 3.63) is 77.6 Å². The van der Waals surface area contributed by atoms with Crippen molar-refractivity contribution in [2.24, 2.45) is 0 Å². The van der Waals surface area contributed by atoms with Gasteiger partial charge in [0.25, 0.3) is 6.08 Å². The van der Waals surface area contributed by atoms with Gasteiger partial charge in [0.1, 0.15) is 5.82 Å². The van der Waals surface area contributed by atoms with Gasteiger partial charge in [0.2, 0.25) is 0 Å². The van der Waals surface area contributed by atoms with Crippen LogP contribution in [-0.2, 0) is 6.42 Å². The van der Waals surface area contributed by atoms with Crippen LogP contribution >= 0.6 is 0 Å². The molecule has 0 unspecified atom stereocenters. The Morgan fingerprint density at radius 2 is 1.54 bits per heavy atom. The van der Waals surface area contributed by atoms with Crippen LogP contribution in [0.5, 0.6) is 0 Å². The summed E-state index contributed by atoms with van der Waals surface area (Å²) in [5.41, 5.74) is 3.29. The number of unbranched alkanes of at least 4 members (excludes halogenated alkanes) is 4. The zero-order valence-electron chi connectivity index (χ0n) is 16.2. The van der Waals surface area contributed by atoms with E-state index in [4.69, 9.17) is 0 Å². The summed E-state index contributed by atoms with van der Waals surface area (Å²) in [5.74, 6) is -0.615. The van der Waals surface area contributed by atoms with Crippen LogP contribution in [0, 0.1) is 5.82 Å². The normalized spacial score (nSPS) is 11.0. The fraction of sp³-hybridized carbons (Fsp3) is 0.280. The van der Waals surface area contributed by atoms with Gasteiger partial charge in [0, 0.05) is 17.0 Å². The van der Waals surface area contributed by atoms with Crippen molar-refractivity contribution < 1.29 is 13.2 Å². The number of hydrogen-bond donors (Lipinski definition) is 0. The van der Waals surface area contributed by atoms with E-state index in [-0.39, 0.29) is 5.56 Å². The molecule has 0 saturated heterocycles. The van der Waals surface area contributed by atoms with Crippen LogP contribution in [0.1, 0.15) is 50.2 Å². The average Bonchev–Trinajstić information content (AvgIpc) is 2.70. The van der Waals surface area contributed by atoms with E-state index < -0.39 is 11.9 Å². The smallest absolute Gasteiger partial charge is 0.206 e. The van der Waals surface area contributed by atoms with E-state index in [1.165, 1.54) is 43.7 Å². The Morgan fingerprint density at radius 1 is 0.821 bits per heavy atom. The first-order chi connectivity index (χ1) is 13.6. The van der Waals surface area contributed by atoms with Crippen molar-refractivity contribution in [2.45, 2.75) is 45.4 Å². The molecular formula is C25H25F3. The largest absolute Gasteiger partial charge is 0.271 e. The van der Waals surface area contributed by atoms with Crippen molar-refractivity contribution >= 4 is 16.8 Å². The first-order valence-electron chi connectivity index (χ1n) is 9.93. The molecule has 0 N–H and O–H groups in total. The van der Waals surface area contributed by atoms with E-state index in [1.807, 2.05) is 12.1 Å². The zero-order valence-corrected chi connectivity index (χ0v) is 16.2. The fourth-order valence-corrected chi connectivity index (χ4v) is 3.51. The maximum Gasteiger partial charge on any atom is 0.271 e. The van der Waals surface area contributed by atoms with Crippen LogP contribution in [0.15, 0.2) is 60.7 Å². The lowest BCUT2D eigenvalue weighted by molar-refractivity contribution is 0.429. The van der Waals surface area contributed by atoms with Gasteiger partial charge in [-0.2, -0.15) is 8.78 Å². The lowest BCUT2D eigenvalue weighted by Crippen LogP contribution is -1.88. The number of aryl methyl sites for hydroxylation is 1. The number of hydrogen-bond acceptors (Lipinski definition) is 0. The Labute approximate surface area is 164 Å². The van der Waals surface area contributed by atoms with Crippen molar-refractivity contribution in [1.82, 2.24) is 0 Å². The predicted molar refractivity (Wildman–Crippen MR) is 112 cm³/mol. The lowest BCUT2D eigenvalue weighted by atomic mass is 9.97. The molecule has 0 bridgehead atoms. The van der Waals surface area contributed by atoms with E-state index in [1.54, 1.807) is 12.1 Å². The number of halogens is 3. The van der Waals surface area contributed by atoms with E-state index in [0.717, 1.165) is 17.5 Å². The summed E-state index contributed by atoms with van der Waals surface area (Å²) in [4.78, 5) is 0. The maximum absolute atomic E-state index is 14.4. The Balaban J connectivity index is 1.75. The van der Waals surface area contributed by atoms with Crippen molar-refractivity contribution in [2.75, 3.05) is 0 Å². The summed E-state index contributed by atoms with van der Waals surface area (Å²) < 4.78 is 39.3. The molecule has 0 aliphatic heterocycles. The lowest BCUT2D eigenvalue weighted by Gasteiger charge is -2.08. The van der Waals surface area contributed by atoms with Crippen LogP contribution in [0.25, 0.3) is 28.0 Å². The SMILES string of the molecule is CCCCCCCc1ccc(-c2ccc3c(F)c(C=C(F)F)ccc3c2)cc1. The van der Waals surface area contributed by atoms with Gasteiger partial charge in [-0.1, -0.05) is 81.1 Å². The second kappa shape index (κ2) is 9.59. The topological polar surface area (TPSA) is 0 Å². The van der Waals surface area contributed by atoms with Crippen LogP contribution < -0.4 is 0 Å². The minimum absolute atomic E-state index is 0.0939. The summed E-state index contributed by atoms with van der Waals surface area (Å²) in [7, 11) is 0. The first-order valence-corrected chi connectivity index (χ1v) is 9.93. The summed E-state index contributed by atoms with van der Waals surface area (Å²) in [6, 6.07) is 17.0. The highest BCUT2D eigenvalue weighted by atomic mass is 19.3. The molecular weight excluding hydrogens is 357 g/mol. The Hall–Kier alpha value is -2.55. The van der Waals surface area contributed by atoms with Crippen LogP contribution in [0.2, 0.25) is 0 Å². The third-order valence-electron chi connectivity index (χ3n) is 5.10. The number of fused-ring (bicyclic) bond motifs is 1. The van der Waals surface area contributed by atoms with Gasteiger partial charge in [-0.05, 0) is 41.0 Å². The average molecular weight is 382 g/mol. The molecule has 0 heterocycles. The fourth-order valence-electron chi connectivity index (χ4n) is 3.51. The predicted octanol–water partition coefficient (Wildman–Crippen LogP) is 8.40. The molecule has 146 valence electrons. The number of rotatable bonds is 8. The summed E-state index contributed by atoms with van der Waals surface area (Å²) in [6.45, 7) is 2.22. The summed E-state index contributed by atoms with van der Waals surface area (Å²) >= 11 is 0. The second-order valence-electron chi connectivity index (χ2n) is 7.20. The van der Waals surface area contributed by atoms with Gasteiger partial charge in [0.05, 0.1) is 0 Å². The van der Waals surface area contributed by atoms with Gasteiger partial charge >= 0.3 is 0 Å². The van der Waals surface area contributed by atoms with Gasteiger partial charge < -0.3 is 0 Å². The Morgan fingerprint density at radius 3 is 2.25 bits per heavy atom. The van der Waals surface area contributed by atoms with E-state index in [0.29, 0.717) is 16.8 Å². The first kappa shape index (κ1) is 20.2. The molecule has 3 aromatic carbocycles. The molecule has 0 amide bonds. The second-order valence-corrected chi connectivity index (χ2v) is 7.20. The summed E-state index contributed by atoms with van der Waals surface area (Å²) in [6.07, 6.45) is 6.10. The Bertz CT molecular complexity index is 951. The van der Waals surface area contributed by atoms with Crippen LogP contribution in [0.4, 0.5) is 13.2 Å². The molecule has 3 rings (SSSR count). The van der Waals surface area contributed by atoms with Crippen molar-refractivity contribution in [1.29, 1.82) is 0 Å². The molecule has 0 fully saturated rings. The van der Waals surface area contributed by atoms with Crippen LogP contribution in [0.3, 0.4) is 0 Å². The molecule has 0 saturated carbocycles. The molecule has 0 spiro atoms. The molecule has 0 aliphatic rings. The quantitative estimate of drug-likeness (QED) is 0.343. The van der Waals surface area contributed by atoms with Gasteiger partial charge in [-0.3, -0.25) is 0 Å². The Kier molecular flexibility index (Phi) is 6.91. The van der Waals surface area contributed by atoms with E-state index in [9.17, 15) is 13.2 Å². The molecule has 3 aromatic rings. The number of benzene rings is 3. The molecule has 0 aromatic heterocycles. The maximum atomic E-state index is 14.4. The highest BCUT2D eigenvalue weighted by Crippen LogP contribution is 2.29. The van der Waals surface area contributed by atoms with Gasteiger partial charge in [0.15, 0.2) is 0 Å². The van der Waals surface area contributed by atoms with Crippen molar-refractivity contribution in [3.63, 3.8) is 0 Å². The molecule has 3 heteroatoms. The standard InChI is InChI=1S/C25H25F3/c1-2-3-4-5-6-7-18-8-10-19(11-9-18)20-14-15-23-21(16-20)12-13-22(25(23)28)17-24(26)27/h8-17H,2-7H2,1H3. The van der Waals surface area contributed by atoms with E-state index >= 15 is 0 Å². The molecule has 0 aliphatic carbocycles. The molecule has 0 nitrogen and oxygen atoms in total. The monoisotopic (exact) mass is 382 g/mol.